The van der Waals surface area contributed by atoms with Gasteiger partial charge in [0.15, 0.2) is 0 Å². The van der Waals surface area contributed by atoms with Gasteiger partial charge in [-0.1, -0.05) is 6.42 Å². The van der Waals surface area contributed by atoms with Gasteiger partial charge in [-0.25, -0.2) is 4.98 Å². The lowest BCUT2D eigenvalue weighted by Gasteiger charge is -2.27. The number of thiazole rings is 1. The zero-order chi connectivity index (χ0) is 13.9. The minimum atomic E-state index is 0.0170. The van der Waals surface area contributed by atoms with Crippen LogP contribution in [-0.4, -0.2) is 35.4 Å². The van der Waals surface area contributed by atoms with Crippen molar-refractivity contribution in [2.45, 2.75) is 57.5 Å². The number of amides is 1. The summed E-state index contributed by atoms with van der Waals surface area (Å²) < 4.78 is 0. The molecule has 1 aliphatic carbocycles. The number of fused-ring (bicyclic) bond motifs is 1. The summed E-state index contributed by atoms with van der Waals surface area (Å²) in [6.45, 7) is 1.63. The van der Waals surface area contributed by atoms with Crippen LogP contribution in [0, 0.1) is 0 Å². The molecule has 1 amide bonds. The van der Waals surface area contributed by atoms with Crippen LogP contribution in [-0.2, 0) is 24.2 Å². The third-order valence-electron chi connectivity index (χ3n) is 4.25. The monoisotopic (exact) mass is 293 g/mol. The Bertz CT molecular complexity index is 456. The van der Waals surface area contributed by atoms with Crippen molar-refractivity contribution in [2.75, 3.05) is 13.6 Å². The predicted molar refractivity (Wildman–Crippen MR) is 80.9 cm³/mol. The highest BCUT2D eigenvalue weighted by Gasteiger charge is 2.24. The molecule has 1 aliphatic heterocycles. The lowest BCUT2D eigenvalue weighted by atomic mass is 10.0. The van der Waals surface area contributed by atoms with Gasteiger partial charge in [-0.05, 0) is 45.1 Å². The van der Waals surface area contributed by atoms with E-state index in [9.17, 15) is 4.79 Å². The van der Waals surface area contributed by atoms with Crippen molar-refractivity contribution < 1.29 is 4.79 Å². The highest BCUT2D eigenvalue weighted by molar-refractivity contribution is 7.11. The maximum Gasteiger partial charge on any atom is 0.239 e. The Morgan fingerprint density at radius 1 is 1.35 bits per heavy atom. The molecule has 0 spiro atoms. The number of hydrogen-bond donors (Lipinski definition) is 1. The van der Waals surface area contributed by atoms with Crippen LogP contribution in [0.5, 0.6) is 0 Å². The van der Waals surface area contributed by atoms with Gasteiger partial charge in [0.25, 0.3) is 0 Å². The second-order valence-corrected chi connectivity index (χ2v) is 7.05. The zero-order valence-corrected chi connectivity index (χ0v) is 13.0. The van der Waals surface area contributed by atoms with Gasteiger partial charge in [0, 0.05) is 11.9 Å². The van der Waals surface area contributed by atoms with Crippen LogP contribution in [0.1, 0.15) is 47.7 Å². The van der Waals surface area contributed by atoms with E-state index in [1.54, 1.807) is 11.3 Å². The van der Waals surface area contributed by atoms with Crippen molar-refractivity contribution in [2.24, 2.45) is 0 Å². The average Bonchev–Trinajstić information content (AvgIpc) is 2.89. The van der Waals surface area contributed by atoms with E-state index in [-0.39, 0.29) is 11.9 Å². The molecule has 0 bridgehead atoms. The number of aromatic nitrogens is 1. The first-order chi connectivity index (χ1) is 9.74. The van der Waals surface area contributed by atoms with E-state index in [0.29, 0.717) is 6.54 Å². The summed E-state index contributed by atoms with van der Waals surface area (Å²) >= 11 is 1.80. The summed E-state index contributed by atoms with van der Waals surface area (Å²) in [7, 11) is 1.90. The highest BCUT2D eigenvalue weighted by Crippen LogP contribution is 2.27. The molecule has 20 heavy (non-hydrogen) atoms. The first-order valence-electron chi connectivity index (χ1n) is 7.70. The fraction of sp³-hybridized carbons (Fsp3) is 0.733. The van der Waals surface area contributed by atoms with Crippen molar-refractivity contribution in [1.29, 1.82) is 0 Å². The van der Waals surface area contributed by atoms with Crippen molar-refractivity contribution in [3.8, 4) is 0 Å². The molecule has 0 unspecified atom stereocenters. The Morgan fingerprint density at radius 3 is 2.95 bits per heavy atom. The van der Waals surface area contributed by atoms with Gasteiger partial charge in [0.05, 0.1) is 18.3 Å². The number of nitrogens with zero attached hydrogens (tertiary/aromatic N) is 2. The fourth-order valence-corrected chi connectivity index (χ4v) is 4.29. The standard InChI is InChI=1S/C15H23N3OS/c1-18(15(19)12-7-4-5-9-16-12)10-14-17-11-6-2-3-8-13(11)20-14/h12,16H,2-10H2,1H3/t12-/m1/s1. The molecule has 1 aromatic rings. The molecule has 1 atom stereocenters. The van der Waals surface area contributed by atoms with E-state index in [4.69, 9.17) is 4.98 Å². The average molecular weight is 293 g/mol. The number of piperidine rings is 1. The Kier molecular flexibility index (Phi) is 4.36. The van der Waals surface area contributed by atoms with Gasteiger partial charge in [-0.3, -0.25) is 4.79 Å². The Balaban J connectivity index is 1.61. The smallest absolute Gasteiger partial charge is 0.239 e. The number of carbonyl (C=O) groups excluding carboxylic acids is 1. The number of rotatable bonds is 3. The third kappa shape index (κ3) is 3.04. The van der Waals surface area contributed by atoms with Gasteiger partial charge >= 0.3 is 0 Å². The lowest BCUT2D eigenvalue weighted by Crippen LogP contribution is -2.46. The van der Waals surface area contributed by atoms with Crippen molar-refractivity contribution in [3.63, 3.8) is 0 Å². The summed E-state index contributed by atoms with van der Waals surface area (Å²) in [6, 6.07) is 0.0170. The van der Waals surface area contributed by atoms with Crippen LogP contribution in [0.4, 0.5) is 0 Å². The molecule has 1 N–H and O–H groups in total. The number of aryl methyl sites for hydroxylation is 2. The Morgan fingerprint density at radius 2 is 2.20 bits per heavy atom. The molecule has 1 fully saturated rings. The van der Waals surface area contributed by atoms with E-state index in [2.05, 4.69) is 5.32 Å². The van der Waals surface area contributed by atoms with Gasteiger partial charge in [-0.2, -0.15) is 0 Å². The Hall–Kier alpha value is -0.940. The molecule has 110 valence electrons. The first kappa shape index (κ1) is 14.0. The molecule has 5 heteroatoms. The summed E-state index contributed by atoms with van der Waals surface area (Å²) in [6.07, 6.45) is 8.15. The molecule has 2 aliphatic rings. The van der Waals surface area contributed by atoms with Crippen LogP contribution in [0.25, 0.3) is 0 Å². The van der Waals surface area contributed by atoms with Crippen LogP contribution >= 0.6 is 11.3 Å². The van der Waals surface area contributed by atoms with Crippen LogP contribution < -0.4 is 5.32 Å². The van der Waals surface area contributed by atoms with Gasteiger partial charge in [-0.15, -0.1) is 11.3 Å². The summed E-state index contributed by atoms with van der Waals surface area (Å²) in [5.74, 6) is 0.220. The molecule has 1 saturated heterocycles. The fourth-order valence-electron chi connectivity index (χ4n) is 3.08. The van der Waals surface area contributed by atoms with E-state index < -0.39 is 0 Å². The summed E-state index contributed by atoms with van der Waals surface area (Å²) in [5, 5.41) is 4.43. The minimum absolute atomic E-state index is 0.0170. The van der Waals surface area contributed by atoms with E-state index >= 15 is 0 Å². The second kappa shape index (κ2) is 6.22. The maximum absolute atomic E-state index is 12.4. The van der Waals surface area contributed by atoms with E-state index in [1.165, 1.54) is 36.3 Å². The molecule has 0 radical (unpaired) electrons. The normalized spacial score (nSPS) is 22.4. The van der Waals surface area contributed by atoms with Crippen molar-refractivity contribution in [1.82, 2.24) is 15.2 Å². The molecular formula is C15H23N3OS. The molecular weight excluding hydrogens is 270 g/mol. The van der Waals surface area contributed by atoms with Crippen LogP contribution in [0.2, 0.25) is 0 Å². The largest absolute Gasteiger partial charge is 0.338 e. The third-order valence-corrected chi connectivity index (χ3v) is 5.39. The molecule has 0 saturated carbocycles. The summed E-state index contributed by atoms with van der Waals surface area (Å²) in [5.41, 5.74) is 1.29. The molecule has 3 rings (SSSR count). The second-order valence-electron chi connectivity index (χ2n) is 5.88. The topological polar surface area (TPSA) is 45.2 Å². The Labute approximate surface area is 124 Å². The first-order valence-corrected chi connectivity index (χ1v) is 8.51. The maximum atomic E-state index is 12.4. The van der Waals surface area contributed by atoms with Gasteiger partial charge < -0.3 is 10.2 Å². The molecule has 2 heterocycles. The lowest BCUT2D eigenvalue weighted by molar-refractivity contribution is -0.133. The number of hydrogen-bond acceptors (Lipinski definition) is 4. The molecule has 4 nitrogen and oxygen atoms in total. The van der Waals surface area contributed by atoms with Crippen molar-refractivity contribution >= 4 is 17.2 Å². The quantitative estimate of drug-likeness (QED) is 0.928. The van der Waals surface area contributed by atoms with E-state index in [0.717, 1.165) is 30.8 Å². The minimum Gasteiger partial charge on any atom is -0.338 e. The van der Waals surface area contributed by atoms with Crippen LogP contribution in [0.3, 0.4) is 0 Å². The van der Waals surface area contributed by atoms with Gasteiger partial charge in [0.2, 0.25) is 5.91 Å². The van der Waals surface area contributed by atoms with Crippen molar-refractivity contribution in [3.05, 3.63) is 15.6 Å². The number of likely N-dealkylation sites (N-methyl/N-ethyl adjacent to an activating group) is 1. The predicted octanol–water partition coefficient (Wildman–Crippen LogP) is 2.12. The van der Waals surface area contributed by atoms with Crippen LogP contribution in [0.15, 0.2) is 0 Å². The summed E-state index contributed by atoms with van der Waals surface area (Å²) in [4.78, 5) is 20.4. The van der Waals surface area contributed by atoms with Gasteiger partial charge in [0.1, 0.15) is 5.01 Å². The molecule has 0 aromatic carbocycles. The highest BCUT2D eigenvalue weighted by atomic mass is 32.1. The molecule has 1 aromatic heterocycles. The number of nitrogens with one attached hydrogen (secondary N) is 1. The van der Waals surface area contributed by atoms with E-state index in [1.807, 2.05) is 11.9 Å². The zero-order valence-electron chi connectivity index (χ0n) is 12.2. The SMILES string of the molecule is CN(Cc1nc2c(s1)CCCC2)C(=O)[C@H]1CCCCN1. The number of carbonyl (C=O) groups is 1.